The number of phenolic OH excluding ortho intramolecular Hbond substituents is 1. The highest BCUT2D eigenvalue weighted by atomic mass is 16.3. The summed E-state index contributed by atoms with van der Waals surface area (Å²) in [5, 5.41) is 10.1. The van der Waals surface area contributed by atoms with Gasteiger partial charge in [-0.3, -0.25) is 9.88 Å². The number of hydrogen-bond donors (Lipinski definition) is 1. The molecule has 5 rings (SSSR count). The minimum absolute atomic E-state index is 0.322. The third kappa shape index (κ3) is 2.56. The summed E-state index contributed by atoms with van der Waals surface area (Å²) in [5.41, 5.74) is 4.68. The maximum absolute atomic E-state index is 10.1. The van der Waals surface area contributed by atoms with Crippen molar-refractivity contribution in [3.05, 3.63) is 59.4 Å². The van der Waals surface area contributed by atoms with Crippen molar-refractivity contribution in [2.24, 2.45) is 5.92 Å². The average molecular weight is 348 g/mol. The molecule has 1 saturated heterocycles. The zero-order chi connectivity index (χ0) is 17.6. The molecule has 3 nitrogen and oxygen atoms in total. The molecule has 2 bridgehead atoms. The number of rotatable bonds is 3. The maximum Gasteiger partial charge on any atom is 0.115 e. The van der Waals surface area contributed by atoms with E-state index in [0.29, 0.717) is 17.2 Å². The van der Waals surface area contributed by atoms with E-state index in [0.717, 1.165) is 25.3 Å². The number of nitrogens with zero attached hydrogens (tertiary/aromatic N) is 2. The fraction of sp³-hybridized carbons (Fsp3) is 0.522. The molecule has 2 fully saturated rings. The molecule has 0 unspecified atom stereocenters. The lowest BCUT2D eigenvalue weighted by atomic mass is 9.52. The molecular formula is C23H28N2O. The monoisotopic (exact) mass is 348 g/mol. The van der Waals surface area contributed by atoms with Crippen LogP contribution in [0.2, 0.25) is 0 Å². The molecule has 1 saturated carbocycles. The van der Waals surface area contributed by atoms with E-state index in [4.69, 9.17) is 0 Å². The standard InChI is InChI=1S/C23H28N2O/c26-19-5-4-18-15-22-20-3-1-2-9-23(20,21(18)16-19)10-14-25(22)13-8-17-6-11-24-12-7-17/h4-7,11-12,16,20,22,26H,1-3,8-10,13-15H2/t20-,22+,23-/m0/s1. The van der Waals surface area contributed by atoms with E-state index in [-0.39, 0.29) is 0 Å². The second-order valence-electron chi connectivity index (χ2n) is 8.51. The molecule has 26 heavy (non-hydrogen) atoms. The number of benzene rings is 1. The molecule has 3 aliphatic rings. The van der Waals surface area contributed by atoms with Crippen LogP contribution < -0.4 is 0 Å². The van der Waals surface area contributed by atoms with E-state index in [1.54, 1.807) is 0 Å². The van der Waals surface area contributed by atoms with Crippen molar-refractivity contribution in [1.82, 2.24) is 9.88 Å². The smallest absolute Gasteiger partial charge is 0.115 e. The Labute approximate surface area is 156 Å². The van der Waals surface area contributed by atoms with Gasteiger partial charge in [-0.15, -0.1) is 0 Å². The summed E-state index contributed by atoms with van der Waals surface area (Å²) in [7, 11) is 0. The van der Waals surface area contributed by atoms with Crippen molar-refractivity contribution < 1.29 is 5.11 Å². The van der Waals surface area contributed by atoms with Gasteiger partial charge in [0.1, 0.15) is 5.75 Å². The SMILES string of the molecule is Oc1ccc2c(c1)[C@]13CCCC[C@H]1[C@@H](C2)N(CCc1ccncc1)CC3. The first-order valence-corrected chi connectivity index (χ1v) is 10.2. The third-order valence-corrected chi connectivity index (χ3v) is 7.37. The summed E-state index contributed by atoms with van der Waals surface area (Å²) in [6.45, 7) is 2.34. The number of fused-ring (bicyclic) bond motifs is 1. The lowest BCUT2D eigenvalue weighted by molar-refractivity contribution is -0.0106. The zero-order valence-electron chi connectivity index (χ0n) is 15.4. The number of likely N-dealkylation sites (tertiary alicyclic amines) is 1. The Bertz CT molecular complexity index is 790. The van der Waals surface area contributed by atoms with Crippen LogP contribution in [0.5, 0.6) is 5.75 Å². The Hall–Kier alpha value is -1.87. The van der Waals surface area contributed by atoms with E-state index >= 15 is 0 Å². The minimum atomic E-state index is 0.322. The number of pyridine rings is 1. The predicted octanol–water partition coefficient (Wildman–Crippen LogP) is 4.09. The largest absolute Gasteiger partial charge is 0.508 e. The van der Waals surface area contributed by atoms with Crippen LogP contribution in [0, 0.1) is 5.92 Å². The Balaban J connectivity index is 1.45. The van der Waals surface area contributed by atoms with Gasteiger partial charge in [-0.1, -0.05) is 18.9 Å². The quantitative estimate of drug-likeness (QED) is 0.908. The molecule has 0 amide bonds. The lowest BCUT2D eigenvalue weighted by Gasteiger charge is -2.59. The number of piperidine rings is 1. The van der Waals surface area contributed by atoms with Crippen molar-refractivity contribution in [2.45, 2.75) is 56.4 Å². The summed E-state index contributed by atoms with van der Waals surface area (Å²) in [5.74, 6) is 1.21. The molecular weight excluding hydrogens is 320 g/mol. The number of aromatic nitrogens is 1. The van der Waals surface area contributed by atoms with Crippen LogP contribution in [-0.4, -0.2) is 34.1 Å². The molecule has 1 N–H and O–H groups in total. The molecule has 2 aromatic rings. The molecule has 136 valence electrons. The van der Waals surface area contributed by atoms with Gasteiger partial charge >= 0.3 is 0 Å². The van der Waals surface area contributed by atoms with Gasteiger partial charge in [-0.2, -0.15) is 0 Å². The van der Waals surface area contributed by atoms with Gasteiger partial charge < -0.3 is 5.11 Å². The molecule has 3 heteroatoms. The molecule has 2 aliphatic carbocycles. The Morgan fingerprint density at radius 1 is 1.12 bits per heavy atom. The highest BCUT2D eigenvalue weighted by Gasteiger charge is 2.53. The molecule has 0 spiro atoms. The van der Waals surface area contributed by atoms with Crippen molar-refractivity contribution in [3.8, 4) is 5.75 Å². The second kappa shape index (κ2) is 6.38. The van der Waals surface area contributed by atoms with Crippen LogP contribution in [0.4, 0.5) is 0 Å². The van der Waals surface area contributed by atoms with Gasteiger partial charge in [0.2, 0.25) is 0 Å². The lowest BCUT2D eigenvalue weighted by Crippen LogP contribution is -2.61. The summed E-state index contributed by atoms with van der Waals surface area (Å²) in [4.78, 5) is 6.91. The van der Waals surface area contributed by atoms with Crippen LogP contribution in [0.25, 0.3) is 0 Å². The van der Waals surface area contributed by atoms with Crippen molar-refractivity contribution in [1.29, 1.82) is 0 Å². The predicted molar refractivity (Wildman–Crippen MR) is 103 cm³/mol. The van der Waals surface area contributed by atoms with E-state index < -0.39 is 0 Å². The first-order chi connectivity index (χ1) is 12.8. The van der Waals surface area contributed by atoms with Gasteiger partial charge in [-0.05, 0) is 85.5 Å². The highest BCUT2D eigenvalue weighted by molar-refractivity contribution is 5.45. The molecule has 0 radical (unpaired) electrons. The van der Waals surface area contributed by atoms with Crippen molar-refractivity contribution in [3.63, 3.8) is 0 Å². The zero-order valence-corrected chi connectivity index (χ0v) is 15.4. The van der Waals surface area contributed by atoms with E-state index in [1.165, 1.54) is 55.3 Å². The fourth-order valence-electron chi connectivity index (χ4n) is 6.17. The van der Waals surface area contributed by atoms with Gasteiger partial charge in [0.25, 0.3) is 0 Å². The molecule has 2 heterocycles. The number of hydrogen-bond acceptors (Lipinski definition) is 3. The number of aromatic hydroxyl groups is 1. The van der Waals surface area contributed by atoms with Gasteiger partial charge in [-0.25, -0.2) is 0 Å². The average Bonchev–Trinajstić information content (AvgIpc) is 2.69. The van der Waals surface area contributed by atoms with Crippen LogP contribution in [-0.2, 0) is 18.3 Å². The normalized spacial score (nSPS) is 30.5. The van der Waals surface area contributed by atoms with E-state index in [9.17, 15) is 5.11 Å². The van der Waals surface area contributed by atoms with Crippen molar-refractivity contribution in [2.75, 3.05) is 13.1 Å². The summed E-state index contributed by atoms with van der Waals surface area (Å²) in [6.07, 6.45) is 12.7. The summed E-state index contributed by atoms with van der Waals surface area (Å²) in [6, 6.07) is 11.1. The van der Waals surface area contributed by atoms with Gasteiger partial charge in [0, 0.05) is 30.4 Å². The van der Waals surface area contributed by atoms with Crippen LogP contribution >= 0.6 is 0 Å². The van der Waals surface area contributed by atoms with Gasteiger partial charge in [0.15, 0.2) is 0 Å². The van der Waals surface area contributed by atoms with E-state index in [1.807, 2.05) is 18.5 Å². The van der Waals surface area contributed by atoms with Crippen LogP contribution in [0.1, 0.15) is 48.8 Å². The van der Waals surface area contributed by atoms with Crippen molar-refractivity contribution >= 4 is 0 Å². The molecule has 1 aromatic carbocycles. The maximum atomic E-state index is 10.1. The topological polar surface area (TPSA) is 36.4 Å². The Morgan fingerprint density at radius 2 is 2.00 bits per heavy atom. The first-order valence-electron chi connectivity index (χ1n) is 10.2. The highest BCUT2D eigenvalue weighted by Crippen LogP contribution is 2.56. The third-order valence-electron chi connectivity index (χ3n) is 7.37. The van der Waals surface area contributed by atoms with Crippen LogP contribution in [0.15, 0.2) is 42.7 Å². The summed E-state index contributed by atoms with van der Waals surface area (Å²) >= 11 is 0. The Morgan fingerprint density at radius 3 is 2.88 bits per heavy atom. The first kappa shape index (κ1) is 16.3. The molecule has 3 atom stereocenters. The minimum Gasteiger partial charge on any atom is -0.508 e. The summed E-state index contributed by atoms with van der Waals surface area (Å²) < 4.78 is 0. The van der Waals surface area contributed by atoms with Crippen LogP contribution in [0.3, 0.4) is 0 Å². The number of phenols is 1. The van der Waals surface area contributed by atoms with E-state index in [2.05, 4.69) is 34.1 Å². The van der Waals surface area contributed by atoms with Gasteiger partial charge in [0.05, 0.1) is 0 Å². The molecule has 1 aromatic heterocycles. The fourth-order valence-corrected chi connectivity index (χ4v) is 6.17. The molecule has 1 aliphatic heterocycles. The Kier molecular flexibility index (Phi) is 4.00. The second-order valence-corrected chi connectivity index (χ2v) is 8.51.